The number of rotatable bonds is 6. The minimum absolute atomic E-state index is 0.166. The van der Waals surface area contributed by atoms with E-state index in [-0.39, 0.29) is 5.91 Å². The molecule has 0 bridgehead atoms. The van der Waals surface area contributed by atoms with E-state index in [0.717, 1.165) is 17.7 Å². The van der Waals surface area contributed by atoms with Crippen molar-refractivity contribution in [3.8, 4) is 5.75 Å². The Hall–Kier alpha value is -2.56. The average Bonchev–Trinajstić information content (AvgIpc) is 2.55. The van der Waals surface area contributed by atoms with Gasteiger partial charge in [0.25, 0.3) is 5.91 Å². The maximum Gasteiger partial charge on any atom is 0.269 e. The molecule has 0 atom stereocenters. The fourth-order valence-corrected chi connectivity index (χ4v) is 1.90. The van der Waals surface area contributed by atoms with Gasteiger partial charge in [0.2, 0.25) is 0 Å². The molecule has 1 aromatic carbocycles. The van der Waals surface area contributed by atoms with Crippen molar-refractivity contribution < 1.29 is 9.53 Å². The predicted octanol–water partition coefficient (Wildman–Crippen LogP) is 2.10. The summed E-state index contributed by atoms with van der Waals surface area (Å²) in [6, 6.07) is 13.1. The van der Waals surface area contributed by atoms with E-state index in [1.807, 2.05) is 30.3 Å². The quantitative estimate of drug-likeness (QED) is 0.853. The van der Waals surface area contributed by atoms with Crippen LogP contribution in [0.1, 0.15) is 16.1 Å². The Morgan fingerprint density at radius 1 is 1.19 bits per heavy atom. The van der Waals surface area contributed by atoms with Gasteiger partial charge in [0, 0.05) is 13.6 Å². The molecule has 1 aromatic heterocycles. The molecule has 0 unspecified atom stereocenters. The summed E-state index contributed by atoms with van der Waals surface area (Å²) < 4.78 is 5.11. The van der Waals surface area contributed by atoms with Gasteiger partial charge in [0.15, 0.2) is 0 Å². The van der Waals surface area contributed by atoms with Gasteiger partial charge in [-0.05, 0) is 36.2 Å². The first kappa shape index (κ1) is 14.8. The maximum atomic E-state index is 12.0. The van der Waals surface area contributed by atoms with Crippen molar-refractivity contribution in [1.82, 2.24) is 10.3 Å². The number of amides is 1. The minimum Gasteiger partial charge on any atom is -0.497 e. The van der Waals surface area contributed by atoms with E-state index >= 15 is 0 Å². The van der Waals surface area contributed by atoms with Crippen LogP contribution in [-0.4, -0.2) is 31.6 Å². The van der Waals surface area contributed by atoms with E-state index in [2.05, 4.69) is 15.6 Å². The normalized spacial score (nSPS) is 10.0. The van der Waals surface area contributed by atoms with Gasteiger partial charge >= 0.3 is 0 Å². The highest BCUT2D eigenvalue weighted by molar-refractivity contribution is 5.92. The highest BCUT2D eigenvalue weighted by Gasteiger charge is 2.06. The molecule has 5 nitrogen and oxygen atoms in total. The second kappa shape index (κ2) is 7.28. The summed E-state index contributed by atoms with van der Waals surface area (Å²) in [4.78, 5) is 16.2. The lowest BCUT2D eigenvalue weighted by Crippen LogP contribution is -2.26. The summed E-state index contributed by atoms with van der Waals surface area (Å²) in [7, 11) is 3.41. The van der Waals surface area contributed by atoms with Crippen LogP contribution in [0, 0.1) is 0 Å². The van der Waals surface area contributed by atoms with E-state index < -0.39 is 0 Å². The summed E-state index contributed by atoms with van der Waals surface area (Å²) >= 11 is 0. The number of ether oxygens (including phenoxy) is 1. The molecule has 2 aromatic rings. The summed E-state index contributed by atoms with van der Waals surface area (Å²) in [6.45, 7) is 0.566. The third-order valence-corrected chi connectivity index (χ3v) is 3.10. The summed E-state index contributed by atoms with van der Waals surface area (Å²) in [5, 5.41) is 5.78. The largest absolute Gasteiger partial charge is 0.497 e. The first-order valence-electron chi connectivity index (χ1n) is 6.79. The Bertz CT molecular complexity index is 597. The van der Waals surface area contributed by atoms with E-state index in [0.29, 0.717) is 18.1 Å². The molecule has 0 saturated carbocycles. The number of nitrogens with one attached hydrogen (secondary N) is 2. The second-order valence-electron chi connectivity index (χ2n) is 4.51. The van der Waals surface area contributed by atoms with Crippen LogP contribution >= 0.6 is 0 Å². The summed E-state index contributed by atoms with van der Waals surface area (Å²) in [6.07, 6.45) is 0.765. The van der Waals surface area contributed by atoms with Crippen LogP contribution in [0.5, 0.6) is 5.75 Å². The number of nitrogens with zero attached hydrogens (tertiary/aromatic N) is 1. The van der Waals surface area contributed by atoms with Crippen molar-refractivity contribution in [2.75, 3.05) is 26.0 Å². The molecular formula is C16H19N3O2. The predicted molar refractivity (Wildman–Crippen MR) is 82.8 cm³/mol. The Balaban J connectivity index is 1.85. The van der Waals surface area contributed by atoms with Crippen LogP contribution in [0.15, 0.2) is 42.5 Å². The Morgan fingerprint density at radius 3 is 2.62 bits per heavy atom. The van der Waals surface area contributed by atoms with Crippen molar-refractivity contribution in [2.45, 2.75) is 6.42 Å². The number of anilines is 1. The highest BCUT2D eigenvalue weighted by Crippen LogP contribution is 2.11. The second-order valence-corrected chi connectivity index (χ2v) is 4.51. The SMILES string of the molecule is CNc1cccc(C(=O)NCCc2ccc(OC)cc2)n1. The zero-order chi connectivity index (χ0) is 15.1. The molecule has 0 saturated heterocycles. The number of pyridine rings is 1. The van der Waals surface area contributed by atoms with Gasteiger partial charge in [0.05, 0.1) is 7.11 Å². The average molecular weight is 285 g/mol. The number of aromatic nitrogens is 1. The molecule has 5 heteroatoms. The first-order chi connectivity index (χ1) is 10.2. The smallest absolute Gasteiger partial charge is 0.269 e. The molecule has 1 amide bonds. The van der Waals surface area contributed by atoms with Crippen molar-refractivity contribution in [2.24, 2.45) is 0 Å². The molecule has 0 radical (unpaired) electrons. The fourth-order valence-electron chi connectivity index (χ4n) is 1.90. The third kappa shape index (κ3) is 4.21. The Morgan fingerprint density at radius 2 is 1.95 bits per heavy atom. The van der Waals surface area contributed by atoms with Crippen molar-refractivity contribution in [3.05, 3.63) is 53.7 Å². The number of benzene rings is 1. The van der Waals surface area contributed by atoms with Crippen LogP contribution in [-0.2, 0) is 6.42 Å². The lowest BCUT2D eigenvalue weighted by atomic mass is 10.1. The van der Waals surface area contributed by atoms with Crippen LogP contribution < -0.4 is 15.4 Å². The third-order valence-electron chi connectivity index (χ3n) is 3.10. The molecule has 0 aliphatic heterocycles. The van der Waals surface area contributed by atoms with Crippen LogP contribution in [0.4, 0.5) is 5.82 Å². The fraction of sp³-hybridized carbons (Fsp3) is 0.250. The van der Waals surface area contributed by atoms with Crippen LogP contribution in [0.2, 0.25) is 0 Å². The zero-order valence-corrected chi connectivity index (χ0v) is 12.2. The van der Waals surface area contributed by atoms with E-state index in [9.17, 15) is 4.79 Å². The lowest BCUT2D eigenvalue weighted by Gasteiger charge is -2.07. The molecule has 1 heterocycles. The first-order valence-corrected chi connectivity index (χ1v) is 6.79. The number of carbonyl (C=O) groups excluding carboxylic acids is 1. The van der Waals surface area contributed by atoms with Gasteiger partial charge in [-0.1, -0.05) is 18.2 Å². The molecule has 21 heavy (non-hydrogen) atoms. The van der Waals surface area contributed by atoms with Gasteiger partial charge in [-0.2, -0.15) is 0 Å². The molecule has 0 fully saturated rings. The van der Waals surface area contributed by atoms with Crippen molar-refractivity contribution >= 4 is 11.7 Å². The maximum absolute atomic E-state index is 12.0. The van der Waals surface area contributed by atoms with Crippen molar-refractivity contribution in [1.29, 1.82) is 0 Å². The number of methoxy groups -OCH3 is 1. The monoisotopic (exact) mass is 285 g/mol. The topological polar surface area (TPSA) is 63.2 Å². The summed E-state index contributed by atoms with van der Waals surface area (Å²) in [5.41, 5.74) is 1.56. The van der Waals surface area contributed by atoms with Gasteiger partial charge in [-0.15, -0.1) is 0 Å². The Kier molecular flexibility index (Phi) is 5.15. The lowest BCUT2D eigenvalue weighted by molar-refractivity contribution is 0.0949. The molecule has 0 aliphatic rings. The zero-order valence-electron chi connectivity index (χ0n) is 12.2. The van der Waals surface area contributed by atoms with Gasteiger partial charge in [-0.25, -0.2) is 4.98 Å². The van der Waals surface area contributed by atoms with E-state index in [4.69, 9.17) is 4.74 Å². The minimum atomic E-state index is -0.166. The van der Waals surface area contributed by atoms with Gasteiger partial charge in [-0.3, -0.25) is 4.79 Å². The molecule has 0 aliphatic carbocycles. The van der Waals surface area contributed by atoms with Crippen LogP contribution in [0.3, 0.4) is 0 Å². The van der Waals surface area contributed by atoms with Gasteiger partial charge in [0.1, 0.15) is 17.3 Å². The number of hydrogen-bond donors (Lipinski definition) is 2. The molecule has 2 rings (SSSR count). The van der Waals surface area contributed by atoms with E-state index in [1.54, 1.807) is 26.3 Å². The standard InChI is InChI=1S/C16H19N3O2/c1-17-15-5-3-4-14(19-15)16(20)18-11-10-12-6-8-13(21-2)9-7-12/h3-9H,10-11H2,1-2H3,(H,17,19)(H,18,20). The Labute approximate surface area is 124 Å². The molecule has 110 valence electrons. The van der Waals surface area contributed by atoms with Gasteiger partial charge < -0.3 is 15.4 Å². The number of carbonyl (C=O) groups is 1. The summed E-state index contributed by atoms with van der Waals surface area (Å²) in [5.74, 6) is 1.34. The van der Waals surface area contributed by atoms with Crippen LogP contribution in [0.25, 0.3) is 0 Å². The van der Waals surface area contributed by atoms with Crippen molar-refractivity contribution in [3.63, 3.8) is 0 Å². The highest BCUT2D eigenvalue weighted by atomic mass is 16.5. The van der Waals surface area contributed by atoms with E-state index in [1.165, 1.54) is 0 Å². The molecule has 0 spiro atoms. The molecule has 2 N–H and O–H groups in total. The number of hydrogen-bond acceptors (Lipinski definition) is 4. The molecular weight excluding hydrogens is 266 g/mol.